The van der Waals surface area contributed by atoms with E-state index in [9.17, 15) is 4.79 Å². The van der Waals surface area contributed by atoms with Crippen LogP contribution in [0.25, 0.3) is 11.4 Å². The van der Waals surface area contributed by atoms with Gasteiger partial charge in [0.2, 0.25) is 0 Å². The molecule has 5 rings (SSSR count). The van der Waals surface area contributed by atoms with Gasteiger partial charge in [-0.25, -0.2) is 4.99 Å². The van der Waals surface area contributed by atoms with E-state index >= 15 is 0 Å². The van der Waals surface area contributed by atoms with Crippen molar-refractivity contribution in [3.05, 3.63) is 59.9 Å². The molecule has 0 aliphatic carbocycles. The Bertz CT molecular complexity index is 1160. The monoisotopic (exact) mass is 427 g/mol. The maximum atomic E-state index is 13.2. The number of carbonyl (C=O) groups is 1. The maximum absolute atomic E-state index is 13.2. The largest absolute Gasteiger partial charge is 0.311 e. The van der Waals surface area contributed by atoms with E-state index in [1.807, 2.05) is 53.4 Å². The van der Waals surface area contributed by atoms with Crippen molar-refractivity contribution in [3.8, 4) is 11.4 Å². The molecule has 32 heavy (non-hydrogen) atoms. The summed E-state index contributed by atoms with van der Waals surface area (Å²) in [5, 5.41) is 8.85. The average molecular weight is 428 g/mol. The zero-order valence-electron chi connectivity index (χ0n) is 18.8. The van der Waals surface area contributed by atoms with Crippen LogP contribution in [-0.4, -0.2) is 32.9 Å². The van der Waals surface area contributed by atoms with Crippen molar-refractivity contribution in [2.75, 3.05) is 11.4 Å². The lowest BCUT2D eigenvalue weighted by Gasteiger charge is -2.17. The molecule has 6 nitrogen and oxygen atoms in total. The predicted octanol–water partition coefficient (Wildman–Crippen LogP) is 5.19. The number of benzene rings is 2. The zero-order valence-corrected chi connectivity index (χ0v) is 18.8. The molecule has 2 aliphatic rings. The molecule has 3 aromatic rings. The Kier molecular flexibility index (Phi) is 5.60. The topological polar surface area (TPSA) is 63.4 Å². The SMILES string of the molecule is CC(C)CCN1C(=O)C(=Nc2ccc(-c3nnc4n3CCCCC4)cc2)c2ccccc21. The molecule has 1 aromatic heterocycles. The maximum Gasteiger partial charge on any atom is 0.277 e. The molecule has 0 fully saturated rings. The number of fused-ring (bicyclic) bond motifs is 2. The first kappa shape index (κ1) is 20.6. The number of amides is 1. The van der Waals surface area contributed by atoms with Crippen LogP contribution in [0.3, 0.4) is 0 Å². The smallest absolute Gasteiger partial charge is 0.277 e. The van der Waals surface area contributed by atoms with Gasteiger partial charge in [-0.05, 0) is 55.5 Å². The van der Waals surface area contributed by atoms with Gasteiger partial charge in [0.15, 0.2) is 5.82 Å². The molecule has 6 heteroatoms. The molecular weight excluding hydrogens is 398 g/mol. The van der Waals surface area contributed by atoms with Gasteiger partial charge in [-0.2, -0.15) is 0 Å². The number of aliphatic imine (C=N–C) groups is 1. The summed E-state index contributed by atoms with van der Waals surface area (Å²) in [4.78, 5) is 19.8. The summed E-state index contributed by atoms with van der Waals surface area (Å²) in [6, 6.07) is 15.9. The van der Waals surface area contributed by atoms with Crippen molar-refractivity contribution in [3.63, 3.8) is 0 Å². The number of carbonyl (C=O) groups excluding carboxylic acids is 1. The fourth-order valence-corrected chi connectivity index (χ4v) is 4.49. The van der Waals surface area contributed by atoms with Crippen molar-refractivity contribution in [1.29, 1.82) is 0 Å². The van der Waals surface area contributed by atoms with Crippen LogP contribution in [-0.2, 0) is 17.8 Å². The van der Waals surface area contributed by atoms with Crippen LogP contribution in [0.4, 0.5) is 11.4 Å². The zero-order chi connectivity index (χ0) is 22.1. The number of aromatic nitrogens is 3. The van der Waals surface area contributed by atoms with Gasteiger partial charge in [0.05, 0.1) is 11.4 Å². The highest BCUT2D eigenvalue weighted by atomic mass is 16.2. The van der Waals surface area contributed by atoms with E-state index in [1.165, 1.54) is 19.3 Å². The molecule has 0 saturated carbocycles. The number of aryl methyl sites for hydroxylation is 1. The van der Waals surface area contributed by atoms with E-state index in [1.54, 1.807) is 0 Å². The molecule has 0 N–H and O–H groups in total. The van der Waals surface area contributed by atoms with Crippen LogP contribution in [0.2, 0.25) is 0 Å². The lowest BCUT2D eigenvalue weighted by molar-refractivity contribution is -0.112. The molecule has 0 atom stereocenters. The Hall–Kier alpha value is -3.28. The molecule has 2 aromatic carbocycles. The number of hydrogen-bond donors (Lipinski definition) is 0. The Morgan fingerprint density at radius 2 is 1.81 bits per heavy atom. The second-order valence-corrected chi connectivity index (χ2v) is 9.07. The van der Waals surface area contributed by atoms with Gasteiger partial charge in [-0.15, -0.1) is 10.2 Å². The molecular formula is C26H29N5O. The number of anilines is 1. The van der Waals surface area contributed by atoms with Crippen LogP contribution in [0.1, 0.15) is 50.9 Å². The van der Waals surface area contributed by atoms with E-state index in [0.29, 0.717) is 18.2 Å². The minimum atomic E-state index is -0.0151. The molecule has 0 bridgehead atoms. The highest BCUT2D eigenvalue weighted by Gasteiger charge is 2.33. The normalized spacial score (nSPS) is 17.0. The third-order valence-corrected chi connectivity index (χ3v) is 6.30. The van der Waals surface area contributed by atoms with Gasteiger partial charge >= 0.3 is 0 Å². The van der Waals surface area contributed by atoms with Crippen LogP contribution in [0.5, 0.6) is 0 Å². The lowest BCUT2D eigenvalue weighted by atomic mass is 10.1. The number of para-hydroxylation sites is 1. The fourth-order valence-electron chi connectivity index (χ4n) is 4.49. The van der Waals surface area contributed by atoms with E-state index in [2.05, 4.69) is 28.6 Å². The standard InChI is InChI=1S/C26H29N5O/c1-18(2)15-17-30-22-9-6-5-8-21(22)24(26(30)32)27-20-13-11-19(12-14-20)25-29-28-23-10-4-3-7-16-31(23)25/h5-6,8-9,11-14,18H,3-4,7,10,15-17H2,1-2H3. The second kappa shape index (κ2) is 8.69. The molecule has 0 unspecified atom stereocenters. The molecule has 1 amide bonds. The number of nitrogens with zero attached hydrogens (tertiary/aromatic N) is 5. The van der Waals surface area contributed by atoms with Gasteiger partial charge < -0.3 is 9.47 Å². The summed E-state index contributed by atoms with van der Waals surface area (Å²) in [6.45, 7) is 6.04. The fraction of sp³-hybridized carbons (Fsp3) is 0.385. The van der Waals surface area contributed by atoms with Gasteiger partial charge in [-0.1, -0.05) is 38.5 Å². The first-order chi connectivity index (χ1) is 15.6. The summed E-state index contributed by atoms with van der Waals surface area (Å²) in [6.07, 6.45) is 5.54. The average Bonchev–Trinajstić information content (AvgIpc) is 3.21. The van der Waals surface area contributed by atoms with Crippen molar-refractivity contribution in [1.82, 2.24) is 14.8 Å². The summed E-state index contributed by atoms with van der Waals surface area (Å²) < 4.78 is 2.25. The minimum absolute atomic E-state index is 0.0151. The van der Waals surface area contributed by atoms with Crippen LogP contribution < -0.4 is 4.90 Å². The first-order valence-electron chi connectivity index (χ1n) is 11.6. The molecule has 2 aliphatic heterocycles. The van der Waals surface area contributed by atoms with Crippen molar-refractivity contribution < 1.29 is 4.79 Å². The van der Waals surface area contributed by atoms with Crippen LogP contribution in [0, 0.1) is 5.92 Å². The van der Waals surface area contributed by atoms with Crippen molar-refractivity contribution in [2.45, 2.75) is 52.5 Å². The van der Waals surface area contributed by atoms with Crippen LogP contribution in [0.15, 0.2) is 53.5 Å². The quantitative estimate of drug-likeness (QED) is 0.563. The molecule has 0 radical (unpaired) electrons. The summed E-state index contributed by atoms with van der Waals surface area (Å²) >= 11 is 0. The van der Waals surface area contributed by atoms with E-state index in [4.69, 9.17) is 4.99 Å². The second-order valence-electron chi connectivity index (χ2n) is 9.07. The lowest BCUT2D eigenvalue weighted by Crippen LogP contribution is -2.31. The molecule has 0 spiro atoms. The number of hydrogen-bond acceptors (Lipinski definition) is 4. The third kappa shape index (κ3) is 3.85. The van der Waals surface area contributed by atoms with Gasteiger partial charge in [0, 0.05) is 30.6 Å². The summed E-state index contributed by atoms with van der Waals surface area (Å²) in [7, 11) is 0. The van der Waals surface area contributed by atoms with Crippen LogP contribution >= 0.6 is 0 Å². The summed E-state index contributed by atoms with van der Waals surface area (Å²) in [5.74, 6) is 2.52. The molecule has 0 saturated heterocycles. The van der Waals surface area contributed by atoms with E-state index in [0.717, 1.165) is 53.5 Å². The molecule has 164 valence electrons. The Morgan fingerprint density at radius 3 is 2.62 bits per heavy atom. The predicted molar refractivity (Wildman–Crippen MR) is 127 cm³/mol. The first-order valence-corrected chi connectivity index (χ1v) is 11.6. The van der Waals surface area contributed by atoms with Crippen molar-refractivity contribution in [2.24, 2.45) is 10.9 Å². The van der Waals surface area contributed by atoms with Gasteiger partial charge in [-0.3, -0.25) is 4.79 Å². The van der Waals surface area contributed by atoms with E-state index in [-0.39, 0.29) is 5.91 Å². The highest BCUT2D eigenvalue weighted by Crippen LogP contribution is 2.32. The molecule has 3 heterocycles. The number of rotatable bonds is 5. The van der Waals surface area contributed by atoms with Gasteiger partial charge in [0.1, 0.15) is 11.5 Å². The third-order valence-electron chi connectivity index (χ3n) is 6.30. The summed E-state index contributed by atoms with van der Waals surface area (Å²) in [5.41, 5.74) is 4.20. The Morgan fingerprint density at radius 1 is 1.00 bits per heavy atom. The highest BCUT2D eigenvalue weighted by molar-refractivity contribution is 6.54. The minimum Gasteiger partial charge on any atom is -0.311 e. The van der Waals surface area contributed by atoms with E-state index < -0.39 is 0 Å². The van der Waals surface area contributed by atoms with Crippen molar-refractivity contribution >= 4 is 23.0 Å². The van der Waals surface area contributed by atoms with Gasteiger partial charge in [0.25, 0.3) is 5.91 Å². The Labute approximate surface area is 189 Å². The Balaban J connectivity index is 1.43.